The fourth-order valence-electron chi connectivity index (χ4n) is 3.94. The molecule has 11 heteroatoms. The summed E-state index contributed by atoms with van der Waals surface area (Å²) < 4.78 is 5.02. The second-order valence-electron chi connectivity index (χ2n) is 9.57. The smallest absolute Gasteiger partial charge is 0.334 e. The van der Waals surface area contributed by atoms with Gasteiger partial charge in [0, 0.05) is 41.2 Å². The summed E-state index contributed by atoms with van der Waals surface area (Å²) in [6.07, 6.45) is 1.61. The van der Waals surface area contributed by atoms with Crippen LogP contribution in [-0.4, -0.2) is 23.9 Å². The number of nitrogens with zero attached hydrogens (tertiary/aromatic N) is 2. The van der Waals surface area contributed by atoms with Gasteiger partial charge in [-0.25, -0.2) is 14.5 Å². The maximum absolute atomic E-state index is 13.8. The van der Waals surface area contributed by atoms with Crippen molar-refractivity contribution < 1.29 is 23.9 Å². The van der Waals surface area contributed by atoms with Crippen LogP contribution in [0.1, 0.15) is 37.5 Å². The molecule has 0 bridgehead atoms. The van der Waals surface area contributed by atoms with Gasteiger partial charge in [0.05, 0.1) is 5.69 Å². The van der Waals surface area contributed by atoms with E-state index in [0.717, 1.165) is 4.90 Å². The van der Waals surface area contributed by atoms with Crippen LogP contribution in [0.2, 0.25) is 0 Å². The van der Waals surface area contributed by atoms with Crippen molar-refractivity contribution in [2.45, 2.75) is 41.5 Å². The van der Waals surface area contributed by atoms with Crippen molar-refractivity contribution in [2.75, 3.05) is 26.2 Å². The molecule has 0 atom stereocenters. The number of nitriles is 1. The normalized spacial score (nSPS) is 10.3. The van der Waals surface area contributed by atoms with E-state index in [9.17, 15) is 19.2 Å². The van der Waals surface area contributed by atoms with Gasteiger partial charge in [-0.2, -0.15) is 0 Å². The van der Waals surface area contributed by atoms with E-state index in [1.165, 1.54) is 6.92 Å². The number of ether oxygens (including phenoxy) is 1. The molecule has 3 aromatic carbocycles. The third kappa shape index (κ3) is 7.19. The Kier molecular flexibility index (Phi) is 9.66. The monoisotopic (exact) mass is 556 g/mol. The Balaban J connectivity index is 2.02. The van der Waals surface area contributed by atoms with Gasteiger partial charge in [-0.05, 0) is 68.3 Å². The lowest BCUT2D eigenvalue weighted by Gasteiger charge is -2.25. The van der Waals surface area contributed by atoms with Gasteiger partial charge in [0.15, 0.2) is 0 Å². The zero-order valence-corrected chi connectivity index (χ0v) is 23.7. The Bertz CT molecular complexity index is 1540. The highest BCUT2D eigenvalue weighted by molar-refractivity contribution is 6.22. The van der Waals surface area contributed by atoms with Crippen molar-refractivity contribution in [3.63, 3.8) is 0 Å². The Morgan fingerprint density at radius 3 is 1.66 bits per heavy atom. The van der Waals surface area contributed by atoms with Crippen molar-refractivity contribution in [2.24, 2.45) is 5.92 Å². The lowest BCUT2D eigenvalue weighted by molar-refractivity contribution is -0.119. The van der Waals surface area contributed by atoms with Crippen LogP contribution in [0.3, 0.4) is 0 Å². The first-order valence-electron chi connectivity index (χ1n) is 12.8. The van der Waals surface area contributed by atoms with Crippen molar-refractivity contribution in [1.82, 2.24) is 0 Å². The first kappa shape index (κ1) is 30.2. The van der Waals surface area contributed by atoms with Crippen molar-refractivity contribution in [3.8, 4) is 12.0 Å². The second-order valence-corrected chi connectivity index (χ2v) is 9.57. The summed E-state index contributed by atoms with van der Waals surface area (Å²) in [5.41, 5.74) is 3.48. The molecule has 0 fully saturated rings. The van der Waals surface area contributed by atoms with Crippen molar-refractivity contribution >= 4 is 52.3 Å². The summed E-state index contributed by atoms with van der Waals surface area (Å²) >= 11 is 0. The number of rotatable bonds is 7. The zero-order chi connectivity index (χ0) is 30.3. The third-order valence-corrected chi connectivity index (χ3v) is 6.30. The molecule has 3 rings (SSSR count). The van der Waals surface area contributed by atoms with Crippen molar-refractivity contribution in [1.29, 1.82) is 5.26 Å². The van der Waals surface area contributed by atoms with E-state index in [4.69, 9.17) is 10.00 Å². The predicted molar refractivity (Wildman–Crippen MR) is 158 cm³/mol. The molecule has 41 heavy (non-hydrogen) atoms. The van der Waals surface area contributed by atoms with Gasteiger partial charge in [0.1, 0.15) is 5.75 Å². The van der Waals surface area contributed by atoms with Crippen LogP contribution in [0.15, 0.2) is 54.6 Å². The summed E-state index contributed by atoms with van der Waals surface area (Å²) in [5, 5.41) is 20.1. The minimum atomic E-state index is -0.801. The molecule has 0 unspecified atom stereocenters. The highest BCUT2D eigenvalue weighted by Crippen LogP contribution is 2.32. The van der Waals surface area contributed by atoms with Crippen LogP contribution < -0.4 is 30.9 Å². The highest BCUT2D eigenvalue weighted by atomic mass is 16.5. The number of hydrogen-bond acceptors (Lipinski definition) is 6. The lowest BCUT2D eigenvalue weighted by Crippen LogP contribution is -2.43. The average Bonchev–Trinajstić information content (AvgIpc) is 2.90. The number of carbonyl (C=O) groups is 4. The van der Waals surface area contributed by atoms with Gasteiger partial charge >= 0.3 is 12.1 Å². The van der Waals surface area contributed by atoms with Gasteiger partial charge in [-0.15, -0.1) is 5.26 Å². The van der Waals surface area contributed by atoms with Gasteiger partial charge < -0.3 is 26.0 Å². The maximum atomic E-state index is 13.8. The predicted octanol–water partition coefficient (Wildman–Crippen LogP) is 6.30. The van der Waals surface area contributed by atoms with Crippen molar-refractivity contribution in [3.05, 3.63) is 71.3 Å². The van der Waals surface area contributed by atoms with Crippen LogP contribution in [0.5, 0.6) is 5.75 Å². The molecule has 0 saturated carbocycles. The van der Waals surface area contributed by atoms with Crippen LogP contribution in [0, 0.1) is 38.2 Å². The standard InChI is InChI=1S/C30H32N6O5/c1-17(2)28(38)33-23-11-8-13-25(19(23)4)35-30(40)36(26-14-9-15-27(20(26)5)41-16-31)29(39)34-24-12-7-10-22(18(24)3)32-21(6)37/h7-15,17H,1-6H3,(H,32,37)(H,33,38)(H,34,39)(H,35,40). The first-order valence-corrected chi connectivity index (χ1v) is 12.8. The topological polar surface area (TPSA) is 153 Å². The van der Waals surface area contributed by atoms with Crippen LogP contribution >= 0.6 is 0 Å². The van der Waals surface area contributed by atoms with E-state index in [2.05, 4.69) is 21.3 Å². The fraction of sp³-hybridized carbons (Fsp3) is 0.233. The zero-order valence-electron chi connectivity index (χ0n) is 23.7. The summed E-state index contributed by atoms with van der Waals surface area (Å²) in [5.74, 6) is -0.525. The van der Waals surface area contributed by atoms with Gasteiger partial charge in [-0.3, -0.25) is 9.59 Å². The Morgan fingerprint density at radius 2 is 1.20 bits per heavy atom. The molecule has 0 aromatic heterocycles. The summed E-state index contributed by atoms with van der Waals surface area (Å²) in [6, 6.07) is 13.1. The molecule has 0 aliphatic heterocycles. The Hall–Kier alpha value is -5.37. The van der Waals surface area contributed by atoms with E-state index in [1.807, 2.05) is 0 Å². The fourth-order valence-corrected chi connectivity index (χ4v) is 3.94. The maximum Gasteiger partial charge on any atom is 0.334 e. The lowest BCUT2D eigenvalue weighted by atomic mass is 10.1. The molecule has 0 aliphatic carbocycles. The molecule has 0 aliphatic rings. The van der Waals surface area contributed by atoms with Crippen LogP contribution in [0.25, 0.3) is 0 Å². The molecule has 6 amide bonds. The number of urea groups is 2. The second kappa shape index (κ2) is 13.1. The minimum Gasteiger partial charge on any atom is -0.388 e. The van der Waals surface area contributed by atoms with Gasteiger partial charge in [0.2, 0.25) is 11.8 Å². The number of nitrogens with one attached hydrogen (secondary N) is 4. The number of imide groups is 1. The van der Waals surface area contributed by atoms with Crippen LogP contribution in [-0.2, 0) is 9.59 Å². The van der Waals surface area contributed by atoms with Crippen LogP contribution in [0.4, 0.5) is 38.0 Å². The molecule has 212 valence electrons. The number of benzene rings is 3. The summed E-state index contributed by atoms with van der Waals surface area (Å²) in [4.78, 5) is 52.3. The molecule has 11 nitrogen and oxygen atoms in total. The van der Waals surface area contributed by atoms with E-state index in [0.29, 0.717) is 39.4 Å². The van der Waals surface area contributed by atoms with Gasteiger partial charge in [0.25, 0.3) is 6.26 Å². The molecule has 4 N–H and O–H groups in total. The summed E-state index contributed by atoms with van der Waals surface area (Å²) in [6.45, 7) is 9.99. The van der Waals surface area contributed by atoms with E-state index >= 15 is 0 Å². The minimum absolute atomic E-state index is 0.172. The van der Waals surface area contributed by atoms with E-state index in [-0.39, 0.29) is 29.2 Å². The number of amides is 6. The van der Waals surface area contributed by atoms with E-state index < -0.39 is 12.1 Å². The average molecular weight is 557 g/mol. The molecular weight excluding hydrogens is 524 g/mol. The van der Waals surface area contributed by atoms with Gasteiger partial charge in [-0.1, -0.05) is 32.0 Å². The Labute approximate surface area is 238 Å². The highest BCUT2D eigenvalue weighted by Gasteiger charge is 2.28. The molecule has 0 saturated heterocycles. The molecule has 0 radical (unpaired) electrons. The third-order valence-electron chi connectivity index (χ3n) is 6.30. The quantitative estimate of drug-likeness (QED) is 0.251. The largest absolute Gasteiger partial charge is 0.388 e. The number of carbonyl (C=O) groups excluding carboxylic acids is 4. The van der Waals surface area contributed by atoms with E-state index in [1.54, 1.807) is 95.5 Å². The molecule has 0 heterocycles. The summed E-state index contributed by atoms with van der Waals surface area (Å²) in [7, 11) is 0. The first-order chi connectivity index (χ1) is 19.4. The molecular formula is C30H32N6O5. The molecule has 0 spiro atoms. The number of anilines is 5. The number of hydrogen-bond donors (Lipinski definition) is 4. The molecule has 3 aromatic rings. The SMILES string of the molecule is CC(=O)Nc1cccc(NC(=O)N(C(=O)Nc2cccc(NC(=O)C(C)C)c2C)c2cccc(OC#N)c2C)c1C. The Morgan fingerprint density at radius 1 is 0.732 bits per heavy atom.